The number of fused-ring (bicyclic) bond motifs is 1. The summed E-state index contributed by atoms with van der Waals surface area (Å²) >= 11 is 3.09. The van der Waals surface area contributed by atoms with Crippen LogP contribution in [0.3, 0.4) is 0 Å². The zero-order valence-electron chi connectivity index (χ0n) is 17.0. The molecule has 1 saturated heterocycles. The summed E-state index contributed by atoms with van der Waals surface area (Å²) in [6.45, 7) is 4.12. The zero-order valence-corrected chi connectivity index (χ0v) is 18.6. The van der Waals surface area contributed by atoms with Crippen molar-refractivity contribution in [3.05, 3.63) is 57.8 Å². The van der Waals surface area contributed by atoms with Crippen molar-refractivity contribution in [1.82, 2.24) is 9.80 Å². The molecule has 3 amide bonds. The third-order valence-electron chi connectivity index (χ3n) is 5.99. The SMILES string of the molecule is CN1CCc2cc(NC(=O)C3(C)CCN3C(=O)Nc3ccc(Br)c(F)c3)ccc2C1. The molecule has 0 radical (unpaired) electrons. The topological polar surface area (TPSA) is 64.7 Å². The van der Waals surface area contributed by atoms with E-state index in [0.717, 1.165) is 25.2 Å². The fraction of sp³-hybridized carbons (Fsp3) is 0.364. The molecule has 1 fully saturated rings. The molecular formula is C22H24BrFN4O2. The Labute approximate surface area is 183 Å². The second-order valence-electron chi connectivity index (χ2n) is 8.16. The molecule has 0 spiro atoms. The Hall–Kier alpha value is -2.45. The van der Waals surface area contributed by atoms with Crippen LogP contribution in [0.25, 0.3) is 0 Å². The van der Waals surface area contributed by atoms with Crippen molar-refractivity contribution in [1.29, 1.82) is 0 Å². The lowest BCUT2D eigenvalue weighted by Gasteiger charge is -2.48. The van der Waals surface area contributed by atoms with Crippen LogP contribution in [0.4, 0.5) is 20.6 Å². The van der Waals surface area contributed by atoms with E-state index < -0.39 is 17.4 Å². The van der Waals surface area contributed by atoms with Crippen molar-refractivity contribution >= 4 is 39.2 Å². The fourth-order valence-corrected chi connectivity index (χ4v) is 4.17. The quantitative estimate of drug-likeness (QED) is 0.699. The number of likely N-dealkylation sites (tertiary alicyclic amines) is 1. The molecule has 1 atom stereocenters. The van der Waals surface area contributed by atoms with Crippen LogP contribution in [-0.4, -0.2) is 47.4 Å². The Morgan fingerprint density at radius 3 is 2.50 bits per heavy atom. The van der Waals surface area contributed by atoms with Crippen LogP contribution in [0.5, 0.6) is 0 Å². The van der Waals surface area contributed by atoms with Gasteiger partial charge in [-0.15, -0.1) is 0 Å². The van der Waals surface area contributed by atoms with Crippen molar-refractivity contribution in [3.8, 4) is 0 Å². The Bertz CT molecular complexity index is 1010. The first-order valence-electron chi connectivity index (χ1n) is 9.92. The third kappa shape index (κ3) is 3.94. The largest absolute Gasteiger partial charge is 0.324 e. The highest BCUT2D eigenvalue weighted by Crippen LogP contribution is 2.33. The first kappa shape index (κ1) is 20.8. The molecule has 0 saturated carbocycles. The zero-order chi connectivity index (χ0) is 21.5. The van der Waals surface area contributed by atoms with E-state index in [0.29, 0.717) is 23.1 Å². The Morgan fingerprint density at radius 2 is 1.80 bits per heavy atom. The molecule has 30 heavy (non-hydrogen) atoms. The summed E-state index contributed by atoms with van der Waals surface area (Å²) in [5, 5.41) is 5.64. The number of urea groups is 1. The standard InChI is InChI=1S/C22H24BrFN4O2/c1-22(8-10-28(22)21(30)26-17-5-6-18(23)19(24)12-17)20(29)25-16-4-3-15-13-27(2)9-7-14(15)11-16/h3-6,11-12H,7-10,13H2,1-2H3,(H,25,29)(H,26,30). The van der Waals surface area contributed by atoms with Crippen molar-refractivity contribution in [2.24, 2.45) is 0 Å². The maximum atomic E-state index is 13.7. The number of hydrogen-bond donors (Lipinski definition) is 2. The molecule has 0 aromatic heterocycles. The van der Waals surface area contributed by atoms with Gasteiger partial charge in [0, 0.05) is 31.0 Å². The van der Waals surface area contributed by atoms with Crippen molar-refractivity contribution < 1.29 is 14.0 Å². The van der Waals surface area contributed by atoms with E-state index in [-0.39, 0.29) is 5.91 Å². The number of hydrogen-bond acceptors (Lipinski definition) is 3. The van der Waals surface area contributed by atoms with Gasteiger partial charge in [0.15, 0.2) is 0 Å². The lowest BCUT2D eigenvalue weighted by molar-refractivity contribution is -0.131. The molecule has 158 valence electrons. The van der Waals surface area contributed by atoms with E-state index in [1.165, 1.54) is 28.2 Å². The van der Waals surface area contributed by atoms with Gasteiger partial charge in [0.2, 0.25) is 5.91 Å². The molecule has 2 aliphatic rings. The first-order chi connectivity index (χ1) is 14.3. The number of rotatable bonds is 3. The number of carbonyl (C=O) groups excluding carboxylic acids is 2. The third-order valence-corrected chi connectivity index (χ3v) is 6.63. The summed E-state index contributed by atoms with van der Waals surface area (Å²) in [5.74, 6) is -0.686. The van der Waals surface area contributed by atoms with Crippen LogP contribution in [0.1, 0.15) is 24.5 Å². The number of benzene rings is 2. The minimum atomic E-state index is -0.950. The van der Waals surface area contributed by atoms with Gasteiger partial charge in [-0.3, -0.25) is 4.79 Å². The van der Waals surface area contributed by atoms with Crippen LogP contribution in [0.15, 0.2) is 40.9 Å². The van der Waals surface area contributed by atoms with Crippen molar-refractivity contribution in [3.63, 3.8) is 0 Å². The van der Waals surface area contributed by atoms with Gasteiger partial charge in [-0.05, 0) is 84.2 Å². The summed E-state index contributed by atoms with van der Waals surface area (Å²) in [4.78, 5) is 29.4. The second kappa shape index (κ2) is 8.00. The van der Waals surface area contributed by atoms with Gasteiger partial charge < -0.3 is 20.4 Å². The average molecular weight is 475 g/mol. The predicted molar refractivity (Wildman–Crippen MR) is 118 cm³/mol. The summed E-state index contributed by atoms with van der Waals surface area (Å²) in [6, 6.07) is 9.94. The maximum Gasteiger partial charge on any atom is 0.322 e. The fourth-order valence-electron chi connectivity index (χ4n) is 3.92. The van der Waals surface area contributed by atoms with Crippen molar-refractivity contribution in [2.75, 3.05) is 30.8 Å². The molecule has 2 N–H and O–H groups in total. The molecule has 2 aliphatic heterocycles. The van der Waals surface area contributed by atoms with E-state index >= 15 is 0 Å². The highest BCUT2D eigenvalue weighted by atomic mass is 79.9. The van der Waals surface area contributed by atoms with Gasteiger partial charge in [-0.1, -0.05) is 6.07 Å². The van der Waals surface area contributed by atoms with Gasteiger partial charge in [-0.2, -0.15) is 0 Å². The number of anilines is 2. The van der Waals surface area contributed by atoms with E-state index in [9.17, 15) is 14.0 Å². The van der Waals surface area contributed by atoms with Crippen LogP contribution in [0.2, 0.25) is 0 Å². The normalized spacial score (nSPS) is 20.9. The highest BCUT2D eigenvalue weighted by Gasteiger charge is 2.49. The molecule has 4 rings (SSSR count). The maximum absolute atomic E-state index is 13.7. The van der Waals surface area contributed by atoms with Crippen LogP contribution >= 0.6 is 15.9 Å². The molecule has 2 aromatic rings. The monoisotopic (exact) mass is 474 g/mol. The minimum Gasteiger partial charge on any atom is -0.324 e. The van der Waals surface area contributed by atoms with Crippen molar-refractivity contribution in [2.45, 2.75) is 31.8 Å². The molecule has 6 nitrogen and oxygen atoms in total. The summed E-state index contributed by atoms with van der Waals surface area (Å²) in [5.41, 5.74) is 2.66. The molecule has 2 heterocycles. The smallest absolute Gasteiger partial charge is 0.322 e. The predicted octanol–water partition coefficient (Wildman–Crippen LogP) is 4.21. The molecule has 0 aliphatic carbocycles. The highest BCUT2D eigenvalue weighted by molar-refractivity contribution is 9.10. The van der Waals surface area contributed by atoms with E-state index in [2.05, 4.69) is 44.6 Å². The summed E-state index contributed by atoms with van der Waals surface area (Å²) < 4.78 is 14.0. The van der Waals surface area contributed by atoms with Gasteiger partial charge in [0.05, 0.1) is 4.47 Å². The second-order valence-corrected chi connectivity index (χ2v) is 9.01. The number of amides is 3. The molecule has 0 bridgehead atoms. The lowest BCUT2D eigenvalue weighted by atomic mass is 9.86. The summed E-state index contributed by atoms with van der Waals surface area (Å²) in [7, 11) is 2.10. The van der Waals surface area contributed by atoms with Crippen LogP contribution < -0.4 is 10.6 Å². The molecule has 1 unspecified atom stereocenters. The van der Waals surface area contributed by atoms with E-state index in [1.807, 2.05) is 12.1 Å². The van der Waals surface area contributed by atoms with Crippen LogP contribution in [0, 0.1) is 5.82 Å². The Morgan fingerprint density at radius 1 is 1.07 bits per heavy atom. The van der Waals surface area contributed by atoms with E-state index in [4.69, 9.17) is 0 Å². The van der Waals surface area contributed by atoms with E-state index in [1.54, 1.807) is 13.0 Å². The van der Waals surface area contributed by atoms with Gasteiger partial charge >= 0.3 is 6.03 Å². The van der Waals surface area contributed by atoms with Gasteiger partial charge in [0.1, 0.15) is 11.4 Å². The van der Waals surface area contributed by atoms with Crippen LogP contribution in [-0.2, 0) is 17.8 Å². The molecule has 2 aromatic carbocycles. The number of carbonyl (C=O) groups is 2. The number of nitrogens with one attached hydrogen (secondary N) is 2. The molecule has 8 heteroatoms. The number of halogens is 2. The van der Waals surface area contributed by atoms with Gasteiger partial charge in [0.25, 0.3) is 0 Å². The molecular weight excluding hydrogens is 451 g/mol. The average Bonchev–Trinajstić information content (AvgIpc) is 2.69. The number of nitrogens with zero attached hydrogens (tertiary/aromatic N) is 2. The Kier molecular flexibility index (Phi) is 5.55. The summed E-state index contributed by atoms with van der Waals surface area (Å²) in [6.07, 6.45) is 1.52. The lowest BCUT2D eigenvalue weighted by Crippen LogP contribution is -2.67. The Balaban J connectivity index is 1.43. The van der Waals surface area contributed by atoms with Gasteiger partial charge in [-0.25, -0.2) is 9.18 Å². The minimum absolute atomic E-state index is 0.223. The number of likely N-dealkylation sites (N-methyl/N-ethyl adjacent to an activating group) is 1. The first-order valence-corrected chi connectivity index (χ1v) is 10.7.